The van der Waals surface area contributed by atoms with Gasteiger partial charge in [0.15, 0.2) is 5.82 Å². The zero-order valence-corrected chi connectivity index (χ0v) is 20.5. The third-order valence-electron chi connectivity index (χ3n) is 7.02. The highest BCUT2D eigenvalue weighted by Crippen LogP contribution is 2.41. The average Bonchev–Trinajstić information content (AvgIpc) is 3.53. The minimum absolute atomic E-state index is 0.0267. The van der Waals surface area contributed by atoms with E-state index in [4.69, 9.17) is 0 Å². The number of hydrogen-bond donors (Lipinski definition) is 1. The zero-order chi connectivity index (χ0) is 23.5. The molecule has 1 aliphatic carbocycles. The number of amides is 1. The Morgan fingerprint density at radius 1 is 1.21 bits per heavy atom. The summed E-state index contributed by atoms with van der Waals surface area (Å²) in [6.07, 6.45) is 5.70. The number of aromatic nitrogens is 3. The topological polar surface area (TPSA) is 91.3 Å². The molecule has 1 aromatic carbocycles. The number of hydrogen-bond acceptors (Lipinski definition) is 5. The minimum Gasteiger partial charge on any atom is -0.341 e. The Kier molecular flexibility index (Phi) is 5.16. The van der Waals surface area contributed by atoms with Gasteiger partial charge in [0.25, 0.3) is 5.91 Å². The molecule has 1 fully saturated rings. The third-order valence-corrected chi connectivity index (χ3v) is 8.85. The fourth-order valence-corrected chi connectivity index (χ4v) is 5.71. The number of carbonyl (C=O) groups is 1. The van der Waals surface area contributed by atoms with E-state index in [1.54, 1.807) is 19.5 Å². The molecule has 2 atom stereocenters. The Balaban J connectivity index is 1.63. The van der Waals surface area contributed by atoms with Crippen LogP contribution in [0.1, 0.15) is 47.1 Å². The highest BCUT2D eigenvalue weighted by molar-refractivity contribution is 7.93. The van der Waals surface area contributed by atoms with Gasteiger partial charge in [-0.25, -0.2) is 13.6 Å². The Bertz CT molecular complexity index is 1380. The van der Waals surface area contributed by atoms with E-state index in [1.165, 1.54) is 12.8 Å². The zero-order valence-electron chi connectivity index (χ0n) is 19.7. The van der Waals surface area contributed by atoms with Crippen molar-refractivity contribution in [3.8, 4) is 22.6 Å². The molecule has 33 heavy (non-hydrogen) atoms. The number of pyridine rings is 1. The SMILES string of the molecule is CN=S(C)(=O)c1cc(-c2ccnc(-c3nc(C)c(C)[nH]3)c2)cc2c1C(=O)N([C@H](C)C1CC1)C2. The first kappa shape index (κ1) is 21.8. The van der Waals surface area contributed by atoms with E-state index in [0.717, 1.165) is 39.6 Å². The van der Waals surface area contributed by atoms with Gasteiger partial charge in [0.2, 0.25) is 0 Å². The molecule has 1 aliphatic heterocycles. The van der Waals surface area contributed by atoms with Gasteiger partial charge >= 0.3 is 0 Å². The lowest BCUT2D eigenvalue weighted by atomic mass is 10.0. The Morgan fingerprint density at radius 3 is 2.61 bits per heavy atom. The van der Waals surface area contributed by atoms with Gasteiger partial charge in [-0.2, -0.15) is 0 Å². The molecular formula is C25H29N5O2S. The number of aromatic amines is 1. The maximum atomic E-state index is 13.4. The molecule has 172 valence electrons. The Hall–Kier alpha value is -3.00. The van der Waals surface area contributed by atoms with Crippen LogP contribution in [0.5, 0.6) is 0 Å². The molecule has 3 aromatic rings. The lowest BCUT2D eigenvalue weighted by molar-refractivity contribution is 0.0695. The summed E-state index contributed by atoms with van der Waals surface area (Å²) in [6.45, 7) is 6.61. The van der Waals surface area contributed by atoms with Crippen molar-refractivity contribution in [1.82, 2.24) is 19.9 Å². The number of H-pyrrole nitrogens is 1. The molecule has 2 aliphatic rings. The van der Waals surface area contributed by atoms with Gasteiger partial charge in [0, 0.05) is 37.8 Å². The monoisotopic (exact) mass is 463 g/mol. The highest BCUT2D eigenvalue weighted by Gasteiger charge is 2.40. The standard InChI is InChI=1S/C25H29N5O2S/c1-14-15(2)29-24(28-14)21-11-18(8-9-27-21)19-10-20-13-30(16(3)17-6-7-17)25(31)23(20)22(12-19)33(5,32)26-4/h8-12,16-17H,6-7,13H2,1-5H3,(H,28,29)/t16-,33?/m1/s1. The summed E-state index contributed by atoms with van der Waals surface area (Å²) < 4.78 is 17.6. The summed E-state index contributed by atoms with van der Waals surface area (Å²) in [4.78, 5) is 28.2. The Labute approximate surface area is 194 Å². The summed E-state index contributed by atoms with van der Waals surface area (Å²) in [7, 11) is -1.16. The summed E-state index contributed by atoms with van der Waals surface area (Å²) >= 11 is 0. The Morgan fingerprint density at radius 2 is 1.97 bits per heavy atom. The summed E-state index contributed by atoms with van der Waals surface area (Å²) in [6, 6.07) is 8.02. The molecule has 3 heterocycles. The summed E-state index contributed by atoms with van der Waals surface area (Å²) in [5.74, 6) is 1.26. The predicted octanol–water partition coefficient (Wildman–Crippen LogP) is 4.60. The molecule has 0 bridgehead atoms. The molecule has 1 amide bonds. The largest absolute Gasteiger partial charge is 0.341 e. The van der Waals surface area contributed by atoms with E-state index in [-0.39, 0.29) is 11.9 Å². The van der Waals surface area contributed by atoms with Crippen molar-refractivity contribution < 1.29 is 9.00 Å². The highest BCUT2D eigenvalue weighted by atomic mass is 32.2. The van der Waals surface area contributed by atoms with Gasteiger partial charge in [-0.1, -0.05) is 0 Å². The number of carbonyl (C=O) groups excluding carboxylic acids is 1. The lowest BCUT2D eigenvalue weighted by Gasteiger charge is -2.24. The van der Waals surface area contributed by atoms with Gasteiger partial charge in [-0.3, -0.25) is 9.78 Å². The molecule has 2 aromatic heterocycles. The predicted molar refractivity (Wildman–Crippen MR) is 129 cm³/mol. The van der Waals surface area contributed by atoms with Crippen LogP contribution in [0.15, 0.2) is 39.7 Å². The smallest absolute Gasteiger partial charge is 0.256 e. The van der Waals surface area contributed by atoms with Gasteiger partial charge < -0.3 is 9.88 Å². The van der Waals surface area contributed by atoms with Crippen LogP contribution in [-0.2, 0) is 16.3 Å². The summed E-state index contributed by atoms with van der Waals surface area (Å²) in [5, 5.41) is 0. The maximum Gasteiger partial charge on any atom is 0.256 e. The fraction of sp³-hybridized carbons (Fsp3) is 0.400. The number of aryl methyl sites for hydroxylation is 2. The number of benzene rings is 1. The second-order valence-electron chi connectivity index (χ2n) is 9.23. The van der Waals surface area contributed by atoms with E-state index in [1.807, 2.05) is 36.9 Å². The van der Waals surface area contributed by atoms with E-state index < -0.39 is 9.73 Å². The quantitative estimate of drug-likeness (QED) is 0.599. The molecule has 0 radical (unpaired) electrons. The minimum atomic E-state index is -2.71. The van der Waals surface area contributed by atoms with E-state index in [9.17, 15) is 9.00 Å². The van der Waals surface area contributed by atoms with E-state index in [2.05, 4.69) is 32.3 Å². The summed E-state index contributed by atoms with van der Waals surface area (Å²) in [5.41, 5.74) is 6.01. The van der Waals surface area contributed by atoms with Crippen molar-refractivity contribution in [3.63, 3.8) is 0 Å². The third kappa shape index (κ3) is 3.76. The first-order valence-electron chi connectivity index (χ1n) is 11.3. The lowest BCUT2D eigenvalue weighted by Crippen LogP contribution is -2.35. The van der Waals surface area contributed by atoms with Crippen LogP contribution < -0.4 is 0 Å². The van der Waals surface area contributed by atoms with Crippen molar-refractivity contribution in [1.29, 1.82) is 0 Å². The molecular weight excluding hydrogens is 434 g/mol. The van der Waals surface area contributed by atoms with Gasteiger partial charge in [0.05, 0.1) is 25.9 Å². The molecule has 0 spiro atoms. The first-order chi connectivity index (χ1) is 15.7. The second-order valence-corrected chi connectivity index (χ2v) is 11.6. The van der Waals surface area contributed by atoms with Gasteiger partial charge in [-0.15, -0.1) is 0 Å². The maximum absolute atomic E-state index is 13.4. The van der Waals surface area contributed by atoms with Crippen molar-refractivity contribution in [2.45, 2.75) is 51.1 Å². The fourth-order valence-electron chi connectivity index (χ4n) is 4.57. The van der Waals surface area contributed by atoms with Crippen LogP contribution in [-0.4, -0.2) is 49.3 Å². The van der Waals surface area contributed by atoms with Crippen LogP contribution >= 0.6 is 0 Å². The van der Waals surface area contributed by atoms with Crippen LogP contribution in [0.2, 0.25) is 0 Å². The molecule has 1 saturated carbocycles. The normalized spacial score (nSPS) is 18.2. The molecule has 8 heteroatoms. The molecule has 0 saturated heterocycles. The van der Waals surface area contributed by atoms with E-state index in [0.29, 0.717) is 22.9 Å². The van der Waals surface area contributed by atoms with Crippen molar-refractivity contribution in [3.05, 3.63) is 53.0 Å². The molecule has 1 unspecified atom stereocenters. The molecule has 1 N–H and O–H groups in total. The van der Waals surface area contributed by atoms with Gasteiger partial charge in [-0.05, 0) is 80.5 Å². The second kappa shape index (κ2) is 7.80. The van der Waals surface area contributed by atoms with Gasteiger partial charge in [0.1, 0.15) is 5.69 Å². The number of nitrogens with zero attached hydrogens (tertiary/aromatic N) is 4. The number of nitrogens with one attached hydrogen (secondary N) is 1. The molecule has 5 rings (SSSR count). The molecule has 7 nitrogen and oxygen atoms in total. The van der Waals surface area contributed by atoms with Crippen molar-refractivity contribution in [2.75, 3.05) is 13.3 Å². The van der Waals surface area contributed by atoms with Crippen LogP contribution in [0, 0.1) is 19.8 Å². The first-order valence-corrected chi connectivity index (χ1v) is 13.2. The van der Waals surface area contributed by atoms with Crippen molar-refractivity contribution >= 4 is 15.6 Å². The van der Waals surface area contributed by atoms with Crippen LogP contribution in [0.3, 0.4) is 0 Å². The number of rotatable bonds is 5. The van der Waals surface area contributed by atoms with E-state index >= 15 is 0 Å². The van der Waals surface area contributed by atoms with Crippen LogP contribution in [0.4, 0.5) is 0 Å². The number of imidazole rings is 1. The number of fused-ring (bicyclic) bond motifs is 1. The average molecular weight is 464 g/mol. The van der Waals surface area contributed by atoms with Crippen molar-refractivity contribution in [2.24, 2.45) is 10.3 Å². The van der Waals surface area contributed by atoms with Crippen LogP contribution in [0.25, 0.3) is 22.6 Å².